The van der Waals surface area contributed by atoms with Crippen LogP contribution < -0.4 is 10.6 Å². The highest BCUT2D eigenvalue weighted by molar-refractivity contribution is 6.02. The molecular formula is C19H22N6O. The van der Waals surface area contributed by atoms with Crippen molar-refractivity contribution in [2.24, 2.45) is 0 Å². The van der Waals surface area contributed by atoms with Gasteiger partial charge in [-0.25, -0.2) is 4.57 Å². The highest BCUT2D eigenvalue weighted by Gasteiger charge is 2.25. The van der Waals surface area contributed by atoms with Crippen molar-refractivity contribution in [2.45, 2.75) is 33.1 Å². The van der Waals surface area contributed by atoms with Crippen LogP contribution in [0, 0.1) is 13.8 Å². The van der Waals surface area contributed by atoms with Crippen molar-refractivity contribution in [1.29, 1.82) is 0 Å². The van der Waals surface area contributed by atoms with Gasteiger partial charge in [-0.05, 0) is 51.3 Å². The number of aromatic nitrogens is 4. The summed E-state index contributed by atoms with van der Waals surface area (Å²) in [5.74, 6) is 0.400. The summed E-state index contributed by atoms with van der Waals surface area (Å²) in [5.41, 5.74) is 9.18. The maximum Gasteiger partial charge on any atom is 0.269 e. The molecule has 1 saturated heterocycles. The van der Waals surface area contributed by atoms with Gasteiger partial charge in [0.05, 0.1) is 16.8 Å². The van der Waals surface area contributed by atoms with Crippen molar-refractivity contribution in [3.05, 3.63) is 41.1 Å². The van der Waals surface area contributed by atoms with Crippen LogP contribution in [0.4, 0.5) is 11.9 Å². The molecule has 3 heterocycles. The Hall–Kier alpha value is -2.96. The van der Waals surface area contributed by atoms with E-state index >= 15 is 0 Å². The third kappa shape index (κ3) is 2.79. The van der Waals surface area contributed by atoms with Crippen LogP contribution in [0.15, 0.2) is 24.3 Å². The molecule has 2 aromatic heterocycles. The summed E-state index contributed by atoms with van der Waals surface area (Å²) in [4.78, 5) is 19.9. The van der Waals surface area contributed by atoms with E-state index in [0.717, 1.165) is 42.4 Å². The van der Waals surface area contributed by atoms with Gasteiger partial charge in [0.25, 0.3) is 5.91 Å². The summed E-state index contributed by atoms with van der Waals surface area (Å²) in [6.45, 7) is 5.58. The van der Waals surface area contributed by atoms with E-state index < -0.39 is 0 Å². The molecule has 1 aromatic carbocycles. The zero-order chi connectivity index (χ0) is 18.3. The van der Waals surface area contributed by atoms with Crippen molar-refractivity contribution in [3.63, 3.8) is 0 Å². The average molecular weight is 350 g/mol. The minimum Gasteiger partial charge on any atom is -0.367 e. The molecule has 0 bridgehead atoms. The van der Waals surface area contributed by atoms with Crippen LogP contribution in [0.5, 0.6) is 0 Å². The van der Waals surface area contributed by atoms with E-state index in [0.29, 0.717) is 17.2 Å². The zero-order valence-corrected chi connectivity index (χ0v) is 15.1. The van der Waals surface area contributed by atoms with E-state index in [-0.39, 0.29) is 11.9 Å². The molecule has 0 unspecified atom stereocenters. The Kier molecular flexibility index (Phi) is 4.06. The van der Waals surface area contributed by atoms with Crippen molar-refractivity contribution in [1.82, 2.24) is 19.7 Å². The first-order chi connectivity index (χ1) is 12.5. The topological polar surface area (TPSA) is 89.9 Å². The number of carbonyl (C=O) groups excluding carboxylic acids is 1. The fourth-order valence-corrected chi connectivity index (χ4v) is 3.51. The van der Waals surface area contributed by atoms with E-state index in [1.54, 1.807) is 0 Å². The van der Waals surface area contributed by atoms with Gasteiger partial charge in [0, 0.05) is 18.5 Å². The molecule has 1 fully saturated rings. The monoisotopic (exact) mass is 350 g/mol. The Labute approximate surface area is 151 Å². The predicted octanol–water partition coefficient (Wildman–Crippen LogP) is 2.70. The highest BCUT2D eigenvalue weighted by atomic mass is 16.2. The van der Waals surface area contributed by atoms with E-state index in [1.165, 1.54) is 11.0 Å². The molecule has 4 rings (SSSR count). The molecule has 26 heavy (non-hydrogen) atoms. The van der Waals surface area contributed by atoms with Crippen LogP contribution in [0.25, 0.3) is 10.9 Å². The number of nitrogen functional groups attached to an aromatic ring is 1. The maximum absolute atomic E-state index is 13.3. The first kappa shape index (κ1) is 16.5. The number of aryl methyl sites for hydroxylation is 2. The molecule has 0 saturated carbocycles. The Morgan fingerprint density at radius 3 is 2.62 bits per heavy atom. The fraction of sp³-hybridized carbons (Fsp3) is 0.368. The minimum absolute atomic E-state index is 0.110. The lowest BCUT2D eigenvalue weighted by Crippen LogP contribution is -2.33. The van der Waals surface area contributed by atoms with E-state index in [1.807, 2.05) is 38.1 Å². The van der Waals surface area contributed by atoms with Crippen LogP contribution >= 0.6 is 0 Å². The summed E-state index contributed by atoms with van der Waals surface area (Å²) in [6, 6.07) is 7.90. The second-order valence-corrected chi connectivity index (χ2v) is 6.86. The normalized spacial score (nSPS) is 14.8. The Bertz CT molecular complexity index is 987. The van der Waals surface area contributed by atoms with Crippen LogP contribution in [-0.2, 0) is 0 Å². The second-order valence-electron chi connectivity index (χ2n) is 6.86. The van der Waals surface area contributed by atoms with Gasteiger partial charge in [-0.1, -0.05) is 11.6 Å². The second kappa shape index (κ2) is 6.40. The number of hydrogen-bond acceptors (Lipinski definition) is 6. The molecule has 0 spiro atoms. The zero-order valence-electron chi connectivity index (χ0n) is 15.1. The number of anilines is 2. The third-order valence-corrected chi connectivity index (χ3v) is 4.90. The van der Waals surface area contributed by atoms with Crippen LogP contribution in [0.3, 0.4) is 0 Å². The first-order valence-corrected chi connectivity index (χ1v) is 8.93. The standard InChI is InChI=1S/C19H22N6O/c1-12-6-7-16-14(10-12)11-15(13(2)21-16)17(26)25-18(20)22-23-19(25)24-8-4-3-5-9-24/h6-7,10-11H,3-5,8-9H2,1-2H3,(H2,20,22). The molecule has 1 aliphatic rings. The molecule has 3 aromatic rings. The SMILES string of the molecule is Cc1ccc2nc(C)c(C(=O)n3c(N)nnc3N3CCCCC3)cc2c1. The molecule has 7 heteroatoms. The molecule has 0 aliphatic carbocycles. The Morgan fingerprint density at radius 2 is 1.85 bits per heavy atom. The van der Waals surface area contributed by atoms with E-state index in [9.17, 15) is 4.79 Å². The largest absolute Gasteiger partial charge is 0.367 e. The molecular weight excluding hydrogens is 328 g/mol. The van der Waals surface area contributed by atoms with Gasteiger partial charge in [-0.15, -0.1) is 10.2 Å². The van der Waals surface area contributed by atoms with Crippen LogP contribution in [-0.4, -0.2) is 38.7 Å². The van der Waals surface area contributed by atoms with Gasteiger partial charge in [0.15, 0.2) is 0 Å². The van der Waals surface area contributed by atoms with E-state index in [4.69, 9.17) is 5.73 Å². The fourth-order valence-electron chi connectivity index (χ4n) is 3.51. The summed E-state index contributed by atoms with van der Waals surface area (Å²) < 4.78 is 1.41. The smallest absolute Gasteiger partial charge is 0.269 e. The van der Waals surface area contributed by atoms with Gasteiger partial charge in [0.1, 0.15) is 0 Å². The first-order valence-electron chi connectivity index (χ1n) is 8.93. The number of hydrogen-bond donors (Lipinski definition) is 1. The van der Waals surface area contributed by atoms with Gasteiger partial charge in [0.2, 0.25) is 11.9 Å². The van der Waals surface area contributed by atoms with Crippen molar-refractivity contribution in [3.8, 4) is 0 Å². The molecule has 0 amide bonds. The number of rotatable bonds is 2. The van der Waals surface area contributed by atoms with Crippen molar-refractivity contribution in [2.75, 3.05) is 23.7 Å². The molecule has 134 valence electrons. The highest BCUT2D eigenvalue weighted by Crippen LogP contribution is 2.24. The van der Waals surface area contributed by atoms with Crippen LogP contribution in [0.2, 0.25) is 0 Å². The molecule has 2 N–H and O–H groups in total. The van der Waals surface area contributed by atoms with Gasteiger partial charge in [-0.3, -0.25) is 9.78 Å². The number of fused-ring (bicyclic) bond motifs is 1. The lowest BCUT2D eigenvalue weighted by Gasteiger charge is -2.27. The number of carbonyl (C=O) groups is 1. The van der Waals surface area contributed by atoms with Gasteiger partial charge >= 0.3 is 0 Å². The minimum atomic E-state index is -0.235. The average Bonchev–Trinajstić information content (AvgIpc) is 3.03. The molecule has 7 nitrogen and oxygen atoms in total. The number of benzene rings is 1. The predicted molar refractivity (Wildman–Crippen MR) is 101 cm³/mol. The maximum atomic E-state index is 13.3. The number of piperidine rings is 1. The number of nitrogens with zero attached hydrogens (tertiary/aromatic N) is 5. The lowest BCUT2D eigenvalue weighted by atomic mass is 10.1. The third-order valence-electron chi connectivity index (χ3n) is 4.90. The van der Waals surface area contributed by atoms with Gasteiger partial charge < -0.3 is 10.6 Å². The molecule has 0 atom stereocenters. The number of nitrogens with two attached hydrogens (primary N) is 1. The lowest BCUT2D eigenvalue weighted by molar-refractivity contribution is 0.0962. The van der Waals surface area contributed by atoms with Gasteiger partial charge in [-0.2, -0.15) is 0 Å². The van der Waals surface area contributed by atoms with Crippen molar-refractivity contribution < 1.29 is 4.79 Å². The Morgan fingerprint density at radius 1 is 1.08 bits per heavy atom. The summed E-state index contributed by atoms with van der Waals surface area (Å²) in [5, 5.41) is 9.05. The Balaban J connectivity index is 1.80. The molecule has 0 radical (unpaired) electrons. The summed E-state index contributed by atoms with van der Waals surface area (Å²) >= 11 is 0. The number of pyridine rings is 1. The van der Waals surface area contributed by atoms with E-state index in [2.05, 4.69) is 20.1 Å². The quantitative estimate of drug-likeness (QED) is 0.764. The summed E-state index contributed by atoms with van der Waals surface area (Å²) in [6.07, 6.45) is 3.36. The van der Waals surface area contributed by atoms with Crippen LogP contribution in [0.1, 0.15) is 40.9 Å². The molecule has 1 aliphatic heterocycles. The summed E-state index contributed by atoms with van der Waals surface area (Å²) in [7, 11) is 0. The van der Waals surface area contributed by atoms with Crippen molar-refractivity contribution >= 4 is 28.7 Å².